The van der Waals surface area contributed by atoms with E-state index in [2.05, 4.69) is 0 Å². The van der Waals surface area contributed by atoms with Crippen LogP contribution in [0.2, 0.25) is 0 Å². The molecule has 0 aliphatic heterocycles. The van der Waals surface area contributed by atoms with Gasteiger partial charge in [0.15, 0.2) is 0 Å². The average molecular weight is 113 g/mol. The van der Waals surface area contributed by atoms with Crippen LogP contribution in [0.15, 0.2) is 12.2 Å². The summed E-state index contributed by atoms with van der Waals surface area (Å²) < 4.78 is 0. The number of hydrogen-bond donors (Lipinski definition) is 2. The standard InChI is InChI=1S/C6H11NO/c7-5-3-1-2-4-6(5)8/h1-2,5-6,8H,3-4,7H2/t5-,6+/m0/s1. The Bertz CT molecular complexity index is 88.7. The molecule has 0 aromatic rings. The van der Waals surface area contributed by atoms with Gasteiger partial charge in [-0.15, -0.1) is 0 Å². The van der Waals surface area contributed by atoms with Gasteiger partial charge in [0.05, 0.1) is 6.10 Å². The van der Waals surface area contributed by atoms with Crippen LogP contribution in [-0.2, 0) is 0 Å². The number of aliphatic hydroxyl groups is 1. The predicted molar refractivity (Wildman–Crippen MR) is 32.4 cm³/mol. The van der Waals surface area contributed by atoms with Gasteiger partial charge in [-0.3, -0.25) is 0 Å². The van der Waals surface area contributed by atoms with E-state index in [0.717, 1.165) is 12.8 Å². The summed E-state index contributed by atoms with van der Waals surface area (Å²) in [6, 6.07) is -0.0278. The Kier molecular flexibility index (Phi) is 1.65. The minimum atomic E-state index is -0.306. The van der Waals surface area contributed by atoms with Crippen molar-refractivity contribution in [2.24, 2.45) is 5.73 Å². The summed E-state index contributed by atoms with van der Waals surface area (Å²) in [6.07, 6.45) is 5.22. The maximum absolute atomic E-state index is 9.00. The monoisotopic (exact) mass is 113 g/mol. The molecule has 2 atom stereocenters. The molecule has 0 bridgehead atoms. The van der Waals surface area contributed by atoms with E-state index in [9.17, 15) is 0 Å². The van der Waals surface area contributed by atoms with E-state index >= 15 is 0 Å². The molecule has 0 amide bonds. The third-order valence-corrected chi connectivity index (χ3v) is 1.45. The smallest absolute Gasteiger partial charge is 0.0728 e. The van der Waals surface area contributed by atoms with Crippen molar-refractivity contribution in [1.82, 2.24) is 0 Å². The van der Waals surface area contributed by atoms with Gasteiger partial charge in [0, 0.05) is 6.04 Å². The lowest BCUT2D eigenvalue weighted by Crippen LogP contribution is -2.35. The molecule has 1 rings (SSSR count). The van der Waals surface area contributed by atoms with Crippen molar-refractivity contribution in [3.8, 4) is 0 Å². The van der Waals surface area contributed by atoms with Gasteiger partial charge in [0.1, 0.15) is 0 Å². The van der Waals surface area contributed by atoms with Crippen molar-refractivity contribution >= 4 is 0 Å². The maximum atomic E-state index is 9.00. The molecule has 0 radical (unpaired) electrons. The fourth-order valence-corrected chi connectivity index (χ4v) is 0.821. The quantitative estimate of drug-likeness (QED) is 0.435. The van der Waals surface area contributed by atoms with Crippen molar-refractivity contribution in [2.45, 2.75) is 25.0 Å². The summed E-state index contributed by atoms with van der Waals surface area (Å²) in [6.45, 7) is 0. The van der Waals surface area contributed by atoms with Crippen molar-refractivity contribution in [3.63, 3.8) is 0 Å². The molecule has 46 valence electrons. The summed E-state index contributed by atoms with van der Waals surface area (Å²) in [7, 11) is 0. The van der Waals surface area contributed by atoms with Crippen LogP contribution < -0.4 is 5.73 Å². The molecule has 0 aromatic heterocycles. The van der Waals surface area contributed by atoms with Crippen LogP contribution in [0.5, 0.6) is 0 Å². The van der Waals surface area contributed by atoms with E-state index < -0.39 is 0 Å². The van der Waals surface area contributed by atoms with Crippen molar-refractivity contribution in [2.75, 3.05) is 0 Å². The van der Waals surface area contributed by atoms with Gasteiger partial charge in [-0.1, -0.05) is 12.2 Å². The molecular formula is C6H11NO. The van der Waals surface area contributed by atoms with Crippen molar-refractivity contribution < 1.29 is 5.11 Å². The van der Waals surface area contributed by atoms with Crippen LogP contribution in [0.4, 0.5) is 0 Å². The highest BCUT2D eigenvalue weighted by atomic mass is 16.3. The van der Waals surface area contributed by atoms with Gasteiger partial charge in [-0.25, -0.2) is 0 Å². The fourth-order valence-electron chi connectivity index (χ4n) is 0.821. The van der Waals surface area contributed by atoms with E-state index in [1.165, 1.54) is 0 Å². The molecule has 0 saturated heterocycles. The van der Waals surface area contributed by atoms with E-state index in [-0.39, 0.29) is 12.1 Å². The minimum Gasteiger partial charge on any atom is -0.391 e. The highest BCUT2D eigenvalue weighted by Crippen LogP contribution is 2.08. The Morgan fingerprint density at radius 3 is 2.38 bits per heavy atom. The molecule has 2 heteroatoms. The molecular weight excluding hydrogens is 102 g/mol. The average Bonchev–Trinajstić information content (AvgIpc) is 1.77. The highest BCUT2D eigenvalue weighted by Gasteiger charge is 2.13. The Hall–Kier alpha value is -0.340. The second-order valence-corrected chi connectivity index (χ2v) is 2.17. The second kappa shape index (κ2) is 2.29. The second-order valence-electron chi connectivity index (χ2n) is 2.17. The fraction of sp³-hybridized carbons (Fsp3) is 0.667. The number of nitrogens with two attached hydrogens (primary N) is 1. The first-order valence-electron chi connectivity index (χ1n) is 2.89. The first-order chi connectivity index (χ1) is 3.80. The lowest BCUT2D eigenvalue weighted by Gasteiger charge is -2.18. The molecule has 2 nitrogen and oxygen atoms in total. The Morgan fingerprint density at radius 1 is 1.38 bits per heavy atom. The number of hydrogen-bond acceptors (Lipinski definition) is 2. The van der Waals surface area contributed by atoms with E-state index in [0.29, 0.717) is 0 Å². The first-order valence-corrected chi connectivity index (χ1v) is 2.89. The van der Waals surface area contributed by atoms with Crippen LogP contribution in [-0.4, -0.2) is 17.3 Å². The molecule has 8 heavy (non-hydrogen) atoms. The zero-order chi connectivity index (χ0) is 5.98. The van der Waals surface area contributed by atoms with Crippen LogP contribution >= 0.6 is 0 Å². The molecule has 1 aliphatic carbocycles. The summed E-state index contributed by atoms with van der Waals surface area (Å²) in [5, 5.41) is 9.00. The number of rotatable bonds is 0. The molecule has 0 fully saturated rings. The van der Waals surface area contributed by atoms with Crippen LogP contribution in [0.25, 0.3) is 0 Å². The molecule has 0 spiro atoms. The van der Waals surface area contributed by atoms with Crippen LogP contribution in [0, 0.1) is 0 Å². The maximum Gasteiger partial charge on any atom is 0.0728 e. The largest absolute Gasteiger partial charge is 0.391 e. The van der Waals surface area contributed by atoms with Gasteiger partial charge in [-0.05, 0) is 12.8 Å². The Balaban J connectivity index is 2.44. The minimum absolute atomic E-state index is 0.0278. The zero-order valence-corrected chi connectivity index (χ0v) is 4.75. The molecule has 3 N–H and O–H groups in total. The van der Waals surface area contributed by atoms with Gasteiger partial charge >= 0.3 is 0 Å². The Labute approximate surface area is 49.0 Å². The van der Waals surface area contributed by atoms with E-state index in [1.54, 1.807) is 0 Å². The Morgan fingerprint density at radius 2 is 2.00 bits per heavy atom. The van der Waals surface area contributed by atoms with Gasteiger partial charge in [0.2, 0.25) is 0 Å². The lowest BCUT2D eigenvalue weighted by molar-refractivity contribution is 0.143. The van der Waals surface area contributed by atoms with Crippen molar-refractivity contribution in [3.05, 3.63) is 12.2 Å². The van der Waals surface area contributed by atoms with Gasteiger partial charge < -0.3 is 10.8 Å². The topological polar surface area (TPSA) is 46.2 Å². The van der Waals surface area contributed by atoms with E-state index in [4.69, 9.17) is 10.8 Å². The SMILES string of the molecule is N[C@H]1CC=CC[C@H]1O. The molecule has 1 aliphatic rings. The number of aliphatic hydroxyl groups excluding tert-OH is 1. The zero-order valence-electron chi connectivity index (χ0n) is 4.75. The van der Waals surface area contributed by atoms with Gasteiger partial charge in [0.25, 0.3) is 0 Å². The van der Waals surface area contributed by atoms with Crippen molar-refractivity contribution in [1.29, 1.82) is 0 Å². The molecule has 0 unspecified atom stereocenters. The van der Waals surface area contributed by atoms with Crippen LogP contribution in [0.1, 0.15) is 12.8 Å². The molecule has 0 heterocycles. The molecule has 0 aromatic carbocycles. The summed E-state index contributed by atoms with van der Waals surface area (Å²) in [4.78, 5) is 0. The van der Waals surface area contributed by atoms with Gasteiger partial charge in [-0.2, -0.15) is 0 Å². The predicted octanol–water partition coefficient (Wildman–Crippen LogP) is 0.0246. The van der Waals surface area contributed by atoms with Crippen LogP contribution in [0.3, 0.4) is 0 Å². The van der Waals surface area contributed by atoms with E-state index in [1.807, 2.05) is 12.2 Å². The lowest BCUT2D eigenvalue weighted by atomic mass is 10.0. The third-order valence-electron chi connectivity index (χ3n) is 1.45. The first kappa shape index (κ1) is 5.79. The summed E-state index contributed by atoms with van der Waals surface area (Å²) in [5.74, 6) is 0. The molecule has 0 saturated carbocycles. The summed E-state index contributed by atoms with van der Waals surface area (Å²) in [5.41, 5.74) is 5.48. The normalized spacial score (nSPS) is 37.8. The summed E-state index contributed by atoms with van der Waals surface area (Å²) >= 11 is 0. The highest BCUT2D eigenvalue weighted by molar-refractivity contribution is 4.96. The third kappa shape index (κ3) is 1.08.